The van der Waals surface area contributed by atoms with Gasteiger partial charge in [-0.25, -0.2) is 0 Å². The summed E-state index contributed by atoms with van der Waals surface area (Å²) >= 11 is 0. The van der Waals surface area contributed by atoms with Crippen molar-refractivity contribution in [1.82, 2.24) is 10.2 Å². The second-order valence-electron chi connectivity index (χ2n) is 5.99. The zero-order chi connectivity index (χ0) is 12.3. The maximum Gasteiger partial charge on any atom is 0.0728 e. The highest BCUT2D eigenvalue weighted by Gasteiger charge is 2.29. The zero-order valence-electron chi connectivity index (χ0n) is 11.6. The summed E-state index contributed by atoms with van der Waals surface area (Å²) in [5.74, 6) is 0.738. The average molecular weight is 240 g/mol. The van der Waals surface area contributed by atoms with E-state index in [2.05, 4.69) is 31.0 Å². The molecule has 0 aliphatic carbocycles. The number of hydrogen-bond acceptors (Lipinski definition) is 3. The molecule has 4 atom stereocenters. The number of ether oxygens (including phenoxy) is 1. The summed E-state index contributed by atoms with van der Waals surface area (Å²) in [6.07, 6.45) is 4.23. The van der Waals surface area contributed by atoms with Crippen molar-refractivity contribution in [2.75, 3.05) is 26.2 Å². The molecule has 0 aromatic rings. The van der Waals surface area contributed by atoms with Crippen LogP contribution in [0.3, 0.4) is 0 Å². The second kappa shape index (κ2) is 6.17. The van der Waals surface area contributed by atoms with Gasteiger partial charge in [-0.05, 0) is 45.6 Å². The fourth-order valence-electron chi connectivity index (χ4n) is 3.01. The van der Waals surface area contributed by atoms with Crippen molar-refractivity contribution in [3.8, 4) is 0 Å². The first-order valence-electron chi connectivity index (χ1n) is 7.26. The van der Waals surface area contributed by atoms with Crippen LogP contribution in [0.25, 0.3) is 0 Å². The summed E-state index contributed by atoms with van der Waals surface area (Å²) in [5, 5.41) is 3.61. The maximum absolute atomic E-state index is 5.84. The molecular weight excluding hydrogens is 212 g/mol. The molecule has 2 fully saturated rings. The summed E-state index contributed by atoms with van der Waals surface area (Å²) in [6.45, 7) is 11.5. The lowest BCUT2D eigenvalue weighted by Crippen LogP contribution is -2.49. The molecule has 0 saturated carbocycles. The van der Waals surface area contributed by atoms with Gasteiger partial charge in [-0.3, -0.25) is 4.90 Å². The van der Waals surface area contributed by atoms with Crippen LogP contribution in [0.2, 0.25) is 0 Å². The Bertz CT molecular complexity index is 228. The normalized spacial score (nSPS) is 38.6. The van der Waals surface area contributed by atoms with Crippen LogP contribution in [0, 0.1) is 5.92 Å². The van der Waals surface area contributed by atoms with Gasteiger partial charge in [-0.2, -0.15) is 0 Å². The van der Waals surface area contributed by atoms with Crippen molar-refractivity contribution in [3.05, 3.63) is 0 Å². The average Bonchev–Trinajstić information content (AvgIpc) is 2.82. The Morgan fingerprint density at radius 2 is 2.12 bits per heavy atom. The SMILES string of the molecule is CC1CNC(C)CCN(C(C)C2CCCO2)C1. The minimum absolute atomic E-state index is 0.477. The standard InChI is InChI=1S/C14H28N2O/c1-11-9-15-12(2)6-7-16(10-11)13(3)14-5-4-8-17-14/h11-15H,4-10H2,1-3H3. The van der Waals surface area contributed by atoms with E-state index in [1.165, 1.54) is 32.4 Å². The second-order valence-corrected chi connectivity index (χ2v) is 5.99. The molecule has 2 heterocycles. The van der Waals surface area contributed by atoms with Gasteiger partial charge in [0.1, 0.15) is 0 Å². The van der Waals surface area contributed by atoms with Crippen molar-refractivity contribution in [1.29, 1.82) is 0 Å². The van der Waals surface area contributed by atoms with Crippen LogP contribution >= 0.6 is 0 Å². The van der Waals surface area contributed by atoms with Crippen LogP contribution in [0.15, 0.2) is 0 Å². The first-order valence-corrected chi connectivity index (χ1v) is 7.26. The van der Waals surface area contributed by atoms with E-state index in [1.807, 2.05) is 0 Å². The van der Waals surface area contributed by atoms with E-state index in [0.717, 1.165) is 19.1 Å². The van der Waals surface area contributed by atoms with E-state index >= 15 is 0 Å². The highest BCUT2D eigenvalue weighted by molar-refractivity contribution is 4.83. The van der Waals surface area contributed by atoms with Crippen molar-refractivity contribution in [2.45, 2.75) is 58.2 Å². The third-order valence-electron chi connectivity index (χ3n) is 4.29. The monoisotopic (exact) mass is 240 g/mol. The lowest BCUT2D eigenvalue weighted by atomic mass is 10.0. The minimum atomic E-state index is 0.477. The first-order chi connectivity index (χ1) is 8.16. The lowest BCUT2D eigenvalue weighted by molar-refractivity contribution is 0.0216. The summed E-state index contributed by atoms with van der Waals surface area (Å²) < 4.78 is 5.84. The van der Waals surface area contributed by atoms with Crippen molar-refractivity contribution >= 4 is 0 Å². The van der Waals surface area contributed by atoms with E-state index in [4.69, 9.17) is 4.74 Å². The Balaban J connectivity index is 1.91. The molecule has 0 bridgehead atoms. The number of nitrogens with zero attached hydrogens (tertiary/aromatic N) is 1. The molecule has 0 radical (unpaired) electrons. The lowest BCUT2D eigenvalue weighted by Gasteiger charge is -2.37. The molecule has 3 heteroatoms. The molecule has 100 valence electrons. The topological polar surface area (TPSA) is 24.5 Å². The Labute approximate surface area is 106 Å². The van der Waals surface area contributed by atoms with Crippen molar-refractivity contribution in [3.63, 3.8) is 0 Å². The number of hydrogen-bond donors (Lipinski definition) is 1. The van der Waals surface area contributed by atoms with E-state index < -0.39 is 0 Å². The van der Waals surface area contributed by atoms with Gasteiger partial charge in [0.2, 0.25) is 0 Å². The van der Waals surface area contributed by atoms with Gasteiger partial charge in [0.15, 0.2) is 0 Å². The molecule has 3 nitrogen and oxygen atoms in total. The molecule has 4 unspecified atom stereocenters. The van der Waals surface area contributed by atoms with Crippen LogP contribution in [0.4, 0.5) is 0 Å². The third kappa shape index (κ3) is 3.67. The molecule has 17 heavy (non-hydrogen) atoms. The largest absolute Gasteiger partial charge is 0.377 e. The Hall–Kier alpha value is -0.120. The van der Waals surface area contributed by atoms with Crippen molar-refractivity contribution < 1.29 is 4.74 Å². The Morgan fingerprint density at radius 1 is 1.29 bits per heavy atom. The van der Waals surface area contributed by atoms with Crippen LogP contribution < -0.4 is 5.32 Å². The first kappa shape index (κ1) is 13.3. The molecular formula is C14H28N2O. The summed E-state index contributed by atoms with van der Waals surface area (Å²) in [6, 6.07) is 1.24. The molecule has 2 aliphatic rings. The predicted molar refractivity (Wildman–Crippen MR) is 71.3 cm³/mol. The molecule has 0 aromatic heterocycles. The van der Waals surface area contributed by atoms with Gasteiger partial charge < -0.3 is 10.1 Å². The van der Waals surface area contributed by atoms with Gasteiger partial charge in [0, 0.05) is 31.8 Å². The quantitative estimate of drug-likeness (QED) is 0.797. The molecule has 0 aromatic carbocycles. The smallest absolute Gasteiger partial charge is 0.0728 e. The Morgan fingerprint density at radius 3 is 2.82 bits per heavy atom. The summed E-state index contributed by atoms with van der Waals surface area (Å²) in [4.78, 5) is 2.65. The summed E-state index contributed by atoms with van der Waals surface area (Å²) in [5.41, 5.74) is 0. The van der Waals surface area contributed by atoms with Gasteiger partial charge in [0.25, 0.3) is 0 Å². The van der Waals surface area contributed by atoms with Crippen LogP contribution in [-0.4, -0.2) is 49.3 Å². The molecule has 0 amide bonds. The molecule has 2 saturated heterocycles. The molecule has 1 N–H and O–H groups in total. The van der Waals surface area contributed by atoms with E-state index in [9.17, 15) is 0 Å². The minimum Gasteiger partial charge on any atom is -0.377 e. The van der Waals surface area contributed by atoms with E-state index in [1.54, 1.807) is 0 Å². The van der Waals surface area contributed by atoms with Crippen LogP contribution in [0.1, 0.15) is 40.0 Å². The number of nitrogens with one attached hydrogen (secondary N) is 1. The predicted octanol–water partition coefficient (Wildman–Crippen LogP) is 1.87. The van der Waals surface area contributed by atoms with Gasteiger partial charge in [-0.15, -0.1) is 0 Å². The van der Waals surface area contributed by atoms with Crippen LogP contribution in [-0.2, 0) is 4.74 Å². The number of rotatable bonds is 2. The van der Waals surface area contributed by atoms with Crippen molar-refractivity contribution in [2.24, 2.45) is 5.92 Å². The highest BCUT2D eigenvalue weighted by Crippen LogP contribution is 2.21. The Kier molecular flexibility index (Phi) is 4.83. The molecule has 2 rings (SSSR count). The van der Waals surface area contributed by atoms with E-state index in [-0.39, 0.29) is 0 Å². The fraction of sp³-hybridized carbons (Fsp3) is 1.00. The van der Waals surface area contributed by atoms with Gasteiger partial charge in [0.05, 0.1) is 6.10 Å². The fourth-order valence-corrected chi connectivity index (χ4v) is 3.01. The summed E-state index contributed by atoms with van der Waals surface area (Å²) in [7, 11) is 0. The van der Waals surface area contributed by atoms with Gasteiger partial charge in [-0.1, -0.05) is 6.92 Å². The van der Waals surface area contributed by atoms with Crippen LogP contribution in [0.5, 0.6) is 0 Å². The zero-order valence-corrected chi connectivity index (χ0v) is 11.6. The third-order valence-corrected chi connectivity index (χ3v) is 4.29. The molecule has 2 aliphatic heterocycles. The van der Waals surface area contributed by atoms with Gasteiger partial charge >= 0.3 is 0 Å². The molecule has 0 spiro atoms. The maximum atomic E-state index is 5.84. The highest BCUT2D eigenvalue weighted by atomic mass is 16.5. The van der Waals surface area contributed by atoms with E-state index in [0.29, 0.717) is 18.2 Å².